The van der Waals surface area contributed by atoms with Crippen LogP contribution in [0.15, 0.2) is 58.7 Å². The number of benzene rings is 2. The first-order valence-corrected chi connectivity index (χ1v) is 11.0. The van der Waals surface area contributed by atoms with Crippen LogP contribution in [0.2, 0.25) is 0 Å². The van der Waals surface area contributed by atoms with Gasteiger partial charge in [0.25, 0.3) is 0 Å². The molecule has 1 aliphatic carbocycles. The van der Waals surface area contributed by atoms with Gasteiger partial charge in [-0.15, -0.1) is 11.3 Å². The molecule has 5 rings (SSSR count). The summed E-state index contributed by atoms with van der Waals surface area (Å²) in [5.41, 5.74) is 9.71. The lowest BCUT2D eigenvalue weighted by Crippen LogP contribution is -2.28. The molecule has 160 valence electrons. The Morgan fingerprint density at radius 3 is 2.59 bits per heavy atom. The van der Waals surface area contributed by atoms with Crippen LogP contribution < -0.4 is 10.4 Å². The van der Waals surface area contributed by atoms with E-state index in [4.69, 9.17) is 0 Å². The van der Waals surface area contributed by atoms with Crippen molar-refractivity contribution in [1.82, 2.24) is 0 Å². The van der Waals surface area contributed by atoms with E-state index in [0.29, 0.717) is 11.4 Å². The molecular weight excluding hydrogens is 424 g/mol. The van der Waals surface area contributed by atoms with Crippen LogP contribution in [0.5, 0.6) is 0 Å². The van der Waals surface area contributed by atoms with Crippen LogP contribution in [0.25, 0.3) is 10.4 Å². The maximum absolute atomic E-state index is 13.0. The molecule has 0 saturated heterocycles. The lowest BCUT2D eigenvalue weighted by Gasteiger charge is -2.21. The van der Waals surface area contributed by atoms with Crippen LogP contribution >= 0.6 is 11.3 Å². The number of carboxylic acid groups (broad SMARTS) is 1. The Balaban J connectivity index is 1.38. The highest BCUT2D eigenvalue weighted by atomic mass is 32.1. The van der Waals surface area contributed by atoms with Crippen molar-refractivity contribution in [2.45, 2.75) is 26.7 Å². The van der Waals surface area contributed by atoms with Gasteiger partial charge in [0.2, 0.25) is 0 Å². The third-order valence-electron chi connectivity index (χ3n) is 5.56. The number of carboxylic acids is 1. The predicted molar refractivity (Wildman–Crippen MR) is 127 cm³/mol. The second kappa shape index (κ2) is 7.72. The molecule has 0 fully saturated rings. The molecule has 32 heavy (non-hydrogen) atoms. The highest BCUT2D eigenvalue weighted by Crippen LogP contribution is 2.32. The quantitative estimate of drug-likeness (QED) is 0.557. The highest BCUT2D eigenvalue weighted by Gasteiger charge is 2.31. The summed E-state index contributed by atoms with van der Waals surface area (Å²) in [5.74, 6) is -1.21. The minimum atomic E-state index is -0.939. The van der Waals surface area contributed by atoms with Crippen LogP contribution in [0.1, 0.15) is 33.3 Å². The van der Waals surface area contributed by atoms with E-state index in [-0.39, 0.29) is 16.5 Å². The van der Waals surface area contributed by atoms with Gasteiger partial charge in [0.05, 0.1) is 17.1 Å². The minimum absolute atomic E-state index is 0.264. The van der Waals surface area contributed by atoms with Gasteiger partial charge in [0, 0.05) is 4.88 Å². The number of amides is 1. The van der Waals surface area contributed by atoms with Gasteiger partial charge >= 0.3 is 11.9 Å². The molecule has 3 aromatic rings. The van der Waals surface area contributed by atoms with Crippen molar-refractivity contribution < 1.29 is 14.7 Å². The summed E-state index contributed by atoms with van der Waals surface area (Å²) in [6.07, 6.45) is 2.12. The van der Waals surface area contributed by atoms with Crippen molar-refractivity contribution in [3.8, 4) is 10.4 Å². The SMILES string of the molecule is CC1=NN(c2ccc3c(c2)CC3)C(=O)C1=NNc1cc(C)cc(-c2ccc(C(=O)O)s2)c1. The van der Waals surface area contributed by atoms with E-state index in [0.717, 1.165) is 34.5 Å². The number of carbonyl (C=O) groups is 2. The second-order valence-electron chi connectivity index (χ2n) is 7.88. The molecule has 0 radical (unpaired) electrons. The van der Waals surface area contributed by atoms with Gasteiger partial charge in [0.1, 0.15) is 4.88 Å². The van der Waals surface area contributed by atoms with Crippen molar-refractivity contribution >= 4 is 46.0 Å². The van der Waals surface area contributed by atoms with E-state index >= 15 is 0 Å². The van der Waals surface area contributed by atoms with Gasteiger partial charge in [-0.3, -0.25) is 10.2 Å². The topological polar surface area (TPSA) is 94.4 Å². The number of rotatable bonds is 5. The Bertz CT molecular complexity index is 1340. The van der Waals surface area contributed by atoms with E-state index in [2.05, 4.69) is 15.6 Å². The molecule has 0 atom stereocenters. The zero-order valence-electron chi connectivity index (χ0n) is 17.5. The van der Waals surface area contributed by atoms with Gasteiger partial charge in [-0.25, -0.2) is 4.79 Å². The molecule has 2 N–H and O–H groups in total. The maximum Gasteiger partial charge on any atom is 0.345 e. The average Bonchev–Trinajstić information content (AvgIpc) is 3.33. The molecule has 1 aromatic heterocycles. The van der Waals surface area contributed by atoms with E-state index in [1.165, 1.54) is 27.5 Å². The molecule has 0 bridgehead atoms. The number of anilines is 2. The first kappa shape index (κ1) is 20.1. The molecule has 0 unspecified atom stereocenters. The van der Waals surface area contributed by atoms with Crippen LogP contribution in [-0.4, -0.2) is 28.4 Å². The Morgan fingerprint density at radius 2 is 1.91 bits per heavy atom. The third-order valence-corrected chi connectivity index (χ3v) is 6.68. The number of aryl methyl sites for hydroxylation is 3. The minimum Gasteiger partial charge on any atom is -0.477 e. The number of aromatic carboxylic acids is 1. The molecule has 2 aromatic carbocycles. The second-order valence-corrected chi connectivity index (χ2v) is 8.97. The standard InChI is InChI=1S/C24H20N4O3S/c1-13-9-17(20-7-8-21(32-20)24(30)31)11-18(10-13)25-26-22-14(2)27-28(23(22)29)19-6-5-15-3-4-16(15)12-19/h5-12,25H,3-4H2,1-2H3,(H,30,31). The van der Waals surface area contributed by atoms with Crippen molar-refractivity contribution in [3.63, 3.8) is 0 Å². The number of hydrogen-bond acceptors (Lipinski definition) is 6. The molecule has 2 aliphatic rings. The number of hydrazone groups is 2. The summed E-state index contributed by atoms with van der Waals surface area (Å²) in [4.78, 5) is 25.3. The fourth-order valence-corrected chi connectivity index (χ4v) is 4.67. The Morgan fingerprint density at radius 1 is 1.09 bits per heavy atom. The smallest absolute Gasteiger partial charge is 0.345 e. The Labute approximate surface area is 188 Å². The van der Waals surface area contributed by atoms with Crippen LogP contribution in [0.3, 0.4) is 0 Å². The summed E-state index contributed by atoms with van der Waals surface area (Å²) >= 11 is 1.22. The Hall–Kier alpha value is -3.78. The first-order valence-electron chi connectivity index (χ1n) is 10.2. The van der Waals surface area contributed by atoms with Crippen LogP contribution in [0, 0.1) is 6.92 Å². The summed E-state index contributed by atoms with van der Waals surface area (Å²) < 4.78 is 0. The number of fused-ring (bicyclic) bond motifs is 1. The third kappa shape index (κ3) is 3.58. The number of thiophene rings is 1. The lowest BCUT2D eigenvalue weighted by atomic mass is 9.88. The number of nitrogens with one attached hydrogen (secondary N) is 1. The highest BCUT2D eigenvalue weighted by molar-refractivity contribution is 7.17. The van der Waals surface area contributed by atoms with Gasteiger partial charge in [-0.2, -0.15) is 15.2 Å². The van der Waals surface area contributed by atoms with Crippen LogP contribution in [0.4, 0.5) is 11.4 Å². The van der Waals surface area contributed by atoms with E-state index in [1.54, 1.807) is 19.1 Å². The van der Waals surface area contributed by atoms with E-state index < -0.39 is 5.97 Å². The summed E-state index contributed by atoms with van der Waals surface area (Å²) in [6.45, 7) is 3.72. The van der Waals surface area contributed by atoms with E-state index in [9.17, 15) is 14.7 Å². The molecule has 2 heterocycles. The van der Waals surface area contributed by atoms with Gasteiger partial charge in [-0.05, 0) is 85.3 Å². The van der Waals surface area contributed by atoms with Crippen LogP contribution in [-0.2, 0) is 17.6 Å². The lowest BCUT2D eigenvalue weighted by molar-refractivity contribution is -0.112. The molecule has 1 aliphatic heterocycles. The van der Waals surface area contributed by atoms with Crippen molar-refractivity contribution in [2.24, 2.45) is 10.2 Å². The van der Waals surface area contributed by atoms with Gasteiger partial charge in [0.15, 0.2) is 5.71 Å². The predicted octanol–water partition coefficient (Wildman–Crippen LogP) is 4.71. The molecule has 1 amide bonds. The normalized spacial score (nSPS) is 16.1. The first-order chi connectivity index (χ1) is 15.4. The molecule has 8 heteroatoms. The Kier molecular flexibility index (Phi) is 4.86. The molecule has 7 nitrogen and oxygen atoms in total. The average molecular weight is 445 g/mol. The van der Waals surface area contributed by atoms with Gasteiger partial charge < -0.3 is 5.11 Å². The van der Waals surface area contributed by atoms with E-state index in [1.807, 2.05) is 43.3 Å². The molecule has 0 spiro atoms. The monoisotopic (exact) mass is 444 g/mol. The fourth-order valence-electron chi connectivity index (χ4n) is 3.83. The summed E-state index contributed by atoms with van der Waals surface area (Å²) in [5, 5.41) is 19.3. The zero-order chi connectivity index (χ0) is 22.4. The fraction of sp³-hybridized carbons (Fsp3) is 0.167. The maximum atomic E-state index is 13.0. The number of nitrogens with zero attached hydrogens (tertiary/aromatic N) is 3. The number of hydrogen-bond donors (Lipinski definition) is 2. The van der Waals surface area contributed by atoms with Gasteiger partial charge in [-0.1, -0.05) is 12.1 Å². The zero-order valence-corrected chi connectivity index (χ0v) is 18.4. The molecule has 0 saturated carbocycles. The summed E-state index contributed by atoms with van der Waals surface area (Å²) in [7, 11) is 0. The van der Waals surface area contributed by atoms with Crippen molar-refractivity contribution in [1.29, 1.82) is 0 Å². The number of carbonyl (C=O) groups excluding carboxylic acids is 1. The largest absolute Gasteiger partial charge is 0.477 e. The molecular formula is C24H20N4O3S. The van der Waals surface area contributed by atoms with Crippen molar-refractivity contribution in [2.75, 3.05) is 10.4 Å². The summed E-state index contributed by atoms with van der Waals surface area (Å²) in [6, 6.07) is 15.2. The van der Waals surface area contributed by atoms with Crippen molar-refractivity contribution in [3.05, 3.63) is 70.1 Å².